The van der Waals surface area contributed by atoms with Crippen LogP contribution >= 0.6 is 0 Å². The number of carbonyl (C=O) groups is 1. The van der Waals surface area contributed by atoms with Gasteiger partial charge in [-0.2, -0.15) is 0 Å². The zero-order chi connectivity index (χ0) is 15.9. The number of nitrogens with two attached hydrogens (primary N) is 1. The Morgan fingerprint density at radius 1 is 1.41 bits per heavy atom. The van der Waals surface area contributed by atoms with Gasteiger partial charge in [-0.25, -0.2) is 4.98 Å². The number of ether oxygens (including phenoxy) is 1. The fraction of sp³-hybridized carbons (Fsp3) is 0.375. The molecule has 0 spiro atoms. The van der Waals surface area contributed by atoms with Crippen molar-refractivity contribution in [2.24, 2.45) is 5.73 Å². The molecule has 6 nitrogen and oxygen atoms in total. The van der Waals surface area contributed by atoms with E-state index in [4.69, 9.17) is 14.9 Å². The minimum absolute atomic E-state index is 0.229. The highest BCUT2D eigenvalue weighted by atomic mass is 16.5. The summed E-state index contributed by atoms with van der Waals surface area (Å²) in [6.07, 6.45) is 2.03. The van der Waals surface area contributed by atoms with Crippen molar-refractivity contribution in [2.45, 2.75) is 32.9 Å². The number of carbonyl (C=O) groups excluding carboxylic acids is 1. The maximum Gasteiger partial charge on any atom is 0.273 e. The van der Waals surface area contributed by atoms with Gasteiger partial charge in [-0.1, -0.05) is 25.1 Å². The number of hydrogen-bond acceptors (Lipinski definition) is 5. The number of nitrogens with zero attached hydrogens (tertiary/aromatic N) is 1. The minimum Gasteiger partial charge on any atom is -0.494 e. The summed E-state index contributed by atoms with van der Waals surface area (Å²) in [5, 5.41) is 2.80. The van der Waals surface area contributed by atoms with Crippen LogP contribution in [0.5, 0.6) is 5.75 Å². The Kier molecular flexibility index (Phi) is 5.55. The first-order valence-electron chi connectivity index (χ1n) is 7.35. The van der Waals surface area contributed by atoms with Crippen LogP contribution in [-0.2, 0) is 6.54 Å². The van der Waals surface area contributed by atoms with Crippen LogP contribution in [0.2, 0.25) is 0 Å². The Bertz CT molecular complexity index is 625. The number of aromatic nitrogens is 1. The van der Waals surface area contributed by atoms with E-state index < -0.39 is 0 Å². The summed E-state index contributed by atoms with van der Waals surface area (Å²) in [5.74, 6) is 0.839. The largest absolute Gasteiger partial charge is 0.494 e. The Morgan fingerprint density at radius 3 is 2.91 bits per heavy atom. The van der Waals surface area contributed by atoms with Crippen molar-refractivity contribution in [3.8, 4) is 5.75 Å². The van der Waals surface area contributed by atoms with Crippen LogP contribution in [0.1, 0.15) is 48.3 Å². The maximum atomic E-state index is 12.1. The smallest absolute Gasteiger partial charge is 0.273 e. The Hall–Kier alpha value is -2.34. The molecule has 22 heavy (non-hydrogen) atoms. The fourth-order valence-electron chi connectivity index (χ4n) is 1.95. The summed E-state index contributed by atoms with van der Waals surface area (Å²) in [6, 6.07) is 7.29. The summed E-state index contributed by atoms with van der Waals surface area (Å²) >= 11 is 0. The molecule has 1 aromatic heterocycles. The van der Waals surface area contributed by atoms with E-state index in [1.54, 1.807) is 0 Å². The molecule has 6 heteroatoms. The lowest BCUT2D eigenvalue weighted by molar-refractivity contribution is 0.0945. The third-order valence-electron chi connectivity index (χ3n) is 3.22. The number of para-hydroxylation sites is 1. The van der Waals surface area contributed by atoms with Gasteiger partial charge in [0.2, 0.25) is 5.89 Å². The highest BCUT2D eigenvalue weighted by Crippen LogP contribution is 2.18. The van der Waals surface area contributed by atoms with Crippen LogP contribution in [0.3, 0.4) is 0 Å². The van der Waals surface area contributed by atoms with Crippen molar-refractivity contribution in [1.29, 1.82) is 0 Å². The Morgan fingerprint density at radius 2 is 2.18 bits per heavy atom. The molecule has 1 unspecified atom stereocenters. The second-order valence-electron chi connectivity index (χ2n) is 4.81. The number of rotatable bonds is 7. The fourth-order valence-corrected chi connectivity index (χ4v) is 1.95. The van der Waals surface area contributed by atoms with Crippen LogP contribution in [0.4, 0.5) is 0 Å². The van der Waals surface area contributed by atoms with E-state index in [-0.39, 0.29) is 17.6 Å². The lowest BCUT2D eigenvalue weighted by Crippen LogP contribution is -2.23. The monoisotopic (exact) mass is 303 g/mol. The van der Waals surface area contributed by atoms with Crippen LogP contribution in [0.15, 0.2) is 34.9 Å². The molecule has 0 radical (unpaired) electrons. The normalized spacial score (nSPS) is 12.0. The van der Waals surface area contributed by atoms with Crippen molar-refractivity contribution in [2.75, 3.05) is 6.61 Å². The molecule has 0 saturated heterocycles. The summed E-state index contributed by atoms with van der Waals surface area (Å²) < 4.78 is 10.8. The molecule has 1 atom stereocenters. The second kappa shape index (κ2) is 7.61. The third-order valence-corrected chi connectivity index (χ3v) is 3.22. The predicted octanol–water partition coefficient (Wildman–Crippen LogP) is 2.41. The molecule has 0 saturated carbocycles. The first kappa shape index (κ1) is 16.0. The van der Waals surface area contributed by atoms with Gasteiger partial charge in [0.1, 0.15) is 12.0 Å². The zero-order valence-corrected chi connectivity index (χ0v) is 12.8. The van der Waals surface area contributed by atoms with E-state index in [2.05, 4.69) is 10.3 Å². The zero-order valence-electron chi connectivity index (χ0n) is 12.8. The molecule has 1 heterocycles. The van der Waals surface area contributed by atoms with E-state index in [0.717, 1.165) is 11.3 Å². The van der Waals surface area contributed by atoms with Gasteiger partial charge >= 0.3 is 0 Å². The minimum atomic E-state index is -0.301. The molecule has 118 valence electrons. The van der Waals surface area contributed by atoms with Crippen molar-refractivity contribution < 1.29 is 13.9 Å². The third kappa shape index (κ3) is 3.85. The number of benzene rings is 1. The first-order chi connectivity index (χ1) is 10.7. The average Bonchev–Trinajstić information content (AvgIpc) is 3.03. The van der Waals surface area contributed by atoms with Gasteiger partial charge in [-0.15, -0.1) is 0 Å². The van der Waals surface area contributed by atoms with Crippen LogP contribution in [0, 0.1) is 0 Å². The molecule has 2 rings (SSSR count). The molecule has 1 aromatic carbocycles. The van der Waals surface area contributed by atoms with E-state index in [1.807, 2.05) is 38.1 Å². The molecule has 0 bridgehead atoms. The highest BCUT2D eigenvalue weighted by Gasteiger charge is 2.16. The van der Waals surface area contributed by atoms with Gasteiger partial charge in [0.05, 0.1) is 12.6 Å². The Balaban J connectivity index is 1.99. The van der Waals surface area contributed by atoms with Crippen LogP contribution in [-0.4, -0.2) is 17.5 Å². The summed E-state index contributed by atoms with van der Waals surface area (Å²) in [6.45, 7) is 4.78. The SMILES string of the molecule is CCOc1ccccc1CNC(=O)c1coc(C(N)CC)n1. The number of oxazole rings is 1. The van der Waals surface area contributed by atoms with Gasteiger partial charge in [-0.05, 0) is 19.4 Å². The van der Waals surface area contributed by atoms with Crippen molar-refractivity contribution >= 4 is 5.91 Å². The molecular formula is C16H21N3O3. The summed E-state index contributed by atoms with van der Waals surface area (Å²) in [7, 11) is 0. The molecule has 0 fully saturated rings. The first-order valence-corrected chi connectivity index (χ1v) is 7.35. The quantitative estimate of drug-likeness (QED) is 0.819. The van der Waals surface area contributed by atoms with Gasteiger partial charge in [0, 0.05) is 12.1 Å². The van der Waals surface area contributed by atoms with Gasteiger partial charge in [0.25, 0.3) is 5.91 Å². The topological polar surface area (TPSA) is 90.4 Å². The molecule has 3 N–H and O–H groups in total. The van der Waals surface area contributed by atoms with E-state index in [0.29, 0.717) is 25.5 Å². The standard InChI is InChI=1S/C16H21N3O3/c1-3-12(17)16-19-13(10-22-16)15(20)18-9-11-7-5-6-8-14(11)21-4-2/h5-8,10,12H,3-4,9,17H2,1-2H3,(H,18,20). The van der Waals surface area contributed by atoms with Crippen LogP contribution < -0.4 is 15.8 Å². The summed E-state index contributed by atoms with van der Waals surface area (Å²) in [4.78, 5) is 16.2. The number of amides is 1. The Labute approximate surface area is 129 Å². The van der Waals surface area contributed by atoms with Gasteiger partial charge in [-0.3, -0.25) is 4.79 Å². The highest BCUT2D eigenvalue weighted by molar-refractivity contribution is 5.91. The lowest BCUT2D eigenvalue weighted by Gasteiger charge is -2.10. The van der Waals surface area contributed by atoms with Crippen molar-refractivity contribution in [3.63, 3.8) is 0 Å². The maximum absolute atomic E-state index is 12.1. The lowest BCUT2D eigenvalue weighted by atomic mass is 10.2. The van der Waals surface area contributed by atoms with Crippen molar-refractivity contribution in [3.05, 3.63) is 47.7 Å². The van der Waals surface area contributed by atoms with Gasteiger partial charge in [0.15, 0.2) is 5.69 Å². The summed E-state index contributed by atoms with van der Waals surface area (Å²) in [5.41, 5.74) is 6.96. The van der Waals surface area contributed by atoms with E-state index >= 15 is 0 Å². The number of nitrogens with one attached hydrogen (secondary N) is 1. The van der Waals surface area contributed by atoms with Crippen molar-refractivity contribution in [1.82, 2.24) is 10.3 Å². The molecule has 0 aliphatic heterocycles. The second-order valence-corrected chi connectivity index (χ2v) is 4.81. The molecule has 0 aliphatic rings. The number of hydrogen-bond donors (Lipinski definition) is 2. The van der Waals surface area contributed by atoms with Crippen LogP contribution in [0.25, 0.3) is 0 Å². The molecule has 1 amide bonds. The van der Waals surface area contributed by atoms with E-state index in [9.17, 15) is 4.79 Å². The van der Waals surface area contributed by atoms with E-state index in [1.165, 1.54) is 6.26 Å². The molecule has 2 aromatic rings. The predicted molar refractivity (Wildman–Crippen MR) is 82.5 cm³/mol. The molecule has 0 aliphatic carbocycles. The van der Waals surface area contributed by atoms with Gasteiger partial charge < -0.3 is 20.2 Å². The molecular weight excluding hydrogens is 282 g/mol. The average molecular weight is 303 g/mol.